The van der Waals surface area contributed by atoms with Crippen LogP contribution in [0, 0.1) is 11.3 Å². The molecule has 2 aromatic carbocycles. The molecule has 0 atom stereocenters. The van der Waals surface area contributed by atoms with Crippen LogP contribution < -0.4 is 10.1 Å². The number of hydrogen-bond donors (Lipinski definition) is 2. The van der Waals surface area contributed by atoms with E-state index in [1.807, 2.05) is 6.07 Å². The molecule has 0 unspecified atom stereocenters. The van der Waals surface area contributed by atoms with Crippen molar-refractivity contribution in [2.24, 2.45) is 0 Å². The first-order valence-corrected chi connectivity index (χ1v) is 7.84. The number of nitrogens with zero attached hydrogens (tertiary/aromatic N) is 1. The summed E-state index contributed by atoms with van der Waals surface area (Å²) in [5.74, 6) is -1.10. The molecule has 1 amide bonds. The highest BCUT2D eigenvalue weighted by molar-refractivity contribution is 9.10. The third-order valence-corrected chi connectivity index (χ3v) is 3.84. The van der Waals surface area contributed by atoms with Gasteiger partial charge >= 0.3 is 5.97 Å². The maximum absolute atomic E-state index is 12.3. The minimum atomic E-state index is -1.10. The lowest BCUT2D eigenvalue weighted by molar-refractivity contribution is -0.112. The summed E-state index contributed by atoms with van der Waals surface area (Å²) in [4.78, 5) is 23.2. The van der Waals surface area contributed by atoms with E-state index in [0.717, 1.165) is 0 Å². The van der Waals surface area contributed by atoms with Gasteiger partial charge in [-0.2, -0.15) is 5.26 Å². The van der Waals surface area contributed by atoms with E-state index in [1.54, 1.807) is 24.3 Å². The van der Waals surface area contributed by atoms with Gasteiger partial charge in [-0.25, -0.2) is 4.79 Å². The van der Waals surface area contributed by atoms with Crippen LogP contribution in [0.2, 0.25) is 0 Å². The smallest absolute Gasteiger partial charge is 0.335 e. The molecule has 0 aromatic heterocycles. The Morgan fingerprint density at radius 2 is 2.04 bits per heavy atom. The SMILES string of the molecule is COc1ccc(/C=C(/C#N)C(=O)Nc2cccc(C(=O)O)c2)cc1Br. The van der Waals surface area contributed by atoms with Crippen LogP contribution in [-0.4, -0.2) is 24.1 Å². The van der Waals surface area contributed by atoms with Gasteiger partial charge in [0.2, 0.25) is 0 Å². The van der Waals surface area contributed by atoms with Crippen molar-refractivity contribution in [3.63, 3.8) is 0 Å². The Hall–Kier alpha value is -3.11. The second kappa shape index (κ2) is 8.13. The fraction of sp³-hybridized carbons (Fsp3) is 0.0556. The topological polar surface area (TPSA) is 99.4 Å². The van der Waals surface area contributed by atoms with Crippen molar-refractivity contribution < 1.29 is 19.4 Å². The maximum Gasteiger partial charge on any atom is 0.335 e. The maximum atomic E-state index is 12.3. The molecule has 2 aromatic rings. The van der Waals surface area contributed by atoms with Gasteiger partial charge in [0.05, 0.1) is 17.1 Å². The molecule has 6 nitrogen and oxygen atoms in total. The van der Waals surface area contributed by atoms with Gasteiger partial charge in [0.1, 0.15) is 17.4 Å². The van der Waals surface area contributed by atoms with E-state index in [4.69, 9.17) is 9.84 Å². The lowest BCUT2D eigenvalue weighted by Gasteiger charge is -2.06. The van der Waals surface area contributed by atoms with Crippen LogP contribution in [0.4, 0.5) is 5.69 Å². The number of carboxylic acids is 1. The minimum Gasteiger partial charge on any atom is -0.496 e. The Balaban J connectivity index is 2.24. The van der Waals surface area contributed by atoms with Gasteiger partial charge < -0.3 is 15.2 Å². The van der Waals surface area contributed by atoms with Crippen LogP contribution in [0.15, 0.2) is 52.5 Å². The van der Waals surface area contributed by atoms with Crippen LogP contribution >= 0.6 is 15.9 Å². The number of nitriles is 1. The highest BCUT2D eigenvalue weighted by atomic mass is 79.9. The molecule has 0 spiro atoms. The lowest BCUT2D eigenvalue weighted by Crippen LogP contribution is -2.13. The van der Waals surface area contributed by atoms with E-state index in [9.17, 15) is 14.9 Å². The number of carbonyl (C=O) groups is 2. The Morgan fingerprint density at radius 1 is 1.28 bits per heavy atom. The van der Waals surface area contributed by atoms with Crippen LogP contribution in [0.3, 0.4) is 0 Å². The number of anilines is 1. The first kappa shape index (κ1) is 18.2. The number of amides is 1. The number of carboxylic acid groups (broad SMARTS) is 1. The summed E-state index contributed by atoms with van der Waals surface area (Å²) in [6.07, 6.45) is 1.43. The van der Waals surface area contributed by atoms with Crippen molar-refractivity contribution in [2.45, 2.75) is 0 Å². The van der Waals surface area contributed by atoms with Crippen molar-refractivity contribution in [3.8, 4) is 11.8 Å². The third kappa shape index (κ3) is 4.68. The highest BCUT2D eigenvalue weighted by Gasteiger charge is 2.11. The van der Waals surface area contributed by atoms with Crippen LogP contribution in [0.25, 0.3) is 6.08 Å². The predicted octanol–water partition coefficient (Wildman–Crippen LogP) is 3.70. The molecule has 7 heteroatoms. The average molecular weight is 401 g/mol. The van der Waals surface area contributed by atoms with Gasteiger partial charge in [0.25, 0.3) is 5.91 Å². The zero-order valence-electron chi connectivity index (χ0n) is 13.1. The number of hydrogen-bond acceptors (Lipinski definition) is 4. The summed E-state index contributed by atoms with van der Waals surface area (Å²) in [5, 5.41) is 20.7. The number of carbonyl (C=O) groups excluding carboxylic acids is 1. The Labute approximate surface area is 152 Å². The minimum absolute atomic E-state index is 0.0411. The van der Waals surface area contributed by atoms with Gasteiger partial charge in [0, 0.05) is 5.69 Å². The van der Waals surface area contributed by atoms with Crippen molar-refractivity contribution in [3.05, 3.63) is 63.6 Å². The standard InChI is InChI=1S/C18H13BrN2O4/c1-25-16-6-5-11(8-15(16)19)7-13(10-20)17(22)21-14-4-2-3-12(9-14)18(23)24/h2-9H,1H3,(H,21,22)(H,23,24)/b13-7-. The number of rotatable bonds is 5. The molecule has 0 saturated heterocycles. The number of nitrogens with one attached hydrogen (secondary N) is 1. The van der Waals surface area contributed by atoms with Gasteiger partial charge in [-0.15, -0.1) is 0 Å². The summed E-state index contributed by atoms with van der Waals surface area (Å²) in [6, 6.07) is 12.8. The van der Waals surface area contributed by atoms with Crippen LogP contribution in [-0.2, 0) is 4.79 Å². The molecule has 0 bridgehead atoms. The number of ether oxygens (including phenoxy) is 1. The Bertz CT molecular complexity index is 900. The van der Waals surface area contributed by atoms with E-state index in [-0.39, 0.29) is 11.1 Å². The first-order chi connectivity index (χ1) is 11.9. The average Bonchev–Trinajstić information content (AvgIpc) is 2.59. The van der Waals surface area contributed by atoms with Crippen molar-refractivity contribution in [1.29, 1.82) is 5.26 Å². The van der Waals surface area contributed by atoms with E-state index in [2.05, 4.69) is 21.2 Å². The van der Waals surface area contributed by atoms with E-state index >= 15 is 0 Å². The summed E-state index contributed by atoms with van der Waals surface area (Å²) >= 11 is 3.34. The van der Waals surface area contributed by atoms with Crippen molar-refractivity contribution in [2.75, 3.05) is 12.4 Å². The lowest BCUT2D eigenvalue weighted by atomic mass is 10.1. The second-order valence-electron chi connectivity index (χ2n) is 4.90. The van der Waals surface area contributed by atoms with Crippen molar-refractivity contribution in [1.82, 2.24) is 0 Å². The van der Waals surface area contributed by atoms with Crippen LogP contribution in [0.5, 0.6) is 5.75 Å². The molecule has 126 valence electrons. The molecule has 2 N–H and O–H groups in total. The fourth-order valence-corrected chi connectivity index (χ4v) is 2.57. The van der Waals surface area contributed by atoms with Gasteiger partial charge in [-0.3, -0.25) is 4.79 Å². The summed E-state index contributed by atoms with van der Waals surface area (Å²) in [6.45, 7) is 0. The summed E-state index contributed by atoms with van der Waals surface area (Å²) in [5.41, 5.74) is 0.859. The molecule has 0 fully saturated rings. The zero-order valence-corrected chi connectivity index (χ0v) is 14.7. The van der Waals surface area contributed by atoms with Gasteiger partial charge in [-0.1, -0.05) is 12.1 Å². The highest BCUT2D eigenvalue weighted by Crippen LogP contribution is 2.26. The number of aromatic carboxylic acids is 1. The molecular formula is C18H13BrN2O4. The van der Waals surface area contributed by atoms with Gasteiger partial charge in [0.15, 0.2) is 0 Å². The normalized spacial score (nSPS) is 10.7. The number of benzene rings is 2. The molecule has 0 saturated carbocycles. The summed E-state index contributed by atoms with van der Waals surface area (Å²) < 4.78 is 5.82. The third-order valence-electron chi connectivity index (χ3n) is 3.22. The Morgan fingerprint density at radius 3 is 2.64 bits per heavy atom. The van der Waals surface area contributed by atoms with E-state index in [0.29, 0.717) is 21.5 Å². The summed E-state index contributed by atoms with van der Waals surface area (Å²) in [7, 11) is 1.54. The molecule has 2 rings (SSSR count). The molecule has 25 heavy (non-hydrogen) atoms. The molecule has 0 aliphatic heterocycles. The van der Waals surface area contributed by atoms with E-state index < -0.39 is 11.9 Å². The monoisotopic (exact) mass is 400 g/mol. The number of halogens is 1. The number of methoxy groups -OCH3 is 1. The van der Waals surface area contributed by atoms with Crippen molar-refractivity contribution >= 4 is 39.6 Å². The molecule has 0 heterocycles. The second-order valence-corrected chi connectivity index (χ2v) is 5.76. The largest absolute Gasteiger partial charge is 0.496 e. The predicted molar refractivity (Wildman–Crippen MR) is 96.3 cm³/mol. The Kier molecular flexibility index (Phi) is 5.93. The molecule has 0 radical (unpaired) electrons. The molecular weight excluding hydrogens is 388 g/mol. The fourth-order valence-electron chi connectivity index (χ4n) is 2.02. The van der Waals surface area contributed by atoms with Gasteiger partial charge in [-0.05, 0) is 57.9 Å². The van der Waals surface area contributed by atoms with Crippen LogP contribution in [0.1, 0.15) is 15.9 Å². The zero-order chi connectivity index (χ0) is 18.4. The molecule has 0 aliphatic carbocycles. The first-order valence-electron chi connectivity index (χ1n) is 7.04. The van der Waals surface area contributed by atoms with E-state index in [1.165, 1.54) is 31.4 Å². The molecule has 0 aliphatic rings. The quantitative estimate of drug-likeness (QED) is 0.588.